The van der Waals surface area contributed by atoms with Gasteiger partial charge in [-0.15, -0.1) is 0 Å². The fourth-order valence-corrected chi connectivity index (χ4v) is 1.49. The summed E-state index contributed by atoms with van der Waals surface area (Å²) in [6.45, 7) is 2.44. The summed E-state index contributed by atoms with van der Waals surface area (Å²) in [6, 6.07) is 0. The average Bonchev–Trinajstić information content (AvgIpc) is 2.13. The van der Waals surface area contributed by atoms with Gasteiger partial charge < -0.3 is 19.1 Å². The SMILES string of the molecule is CCCC=CC(=O)OC(CC(=O)[O-])C[N+](C)(C)C. The number of allylic oxidation sites excluding steroid dienone is 1. The topological polar surface area (TPSA) is 66.4 Å². The first kappa shape index (κ1) is 16.6. The van der Waals surface area contributed by atoms with Crippen LogP contribution in [-0.4, -0.2) is 50.2 Å². The number of unbranched alkanes of at least 4 members (excludes halogenated alkanes) is 1. The van der Waals surface area contributed by atoms with Crippen LogP contribution in [0.25, 0.3) is 0 Å². The number of rotatable bonds is 8. The van der Waals surface area contributed by atoms with Crippen LogP contribution in [0.3, 0.4) is 0 Å². The maximum Gasteiger partial charge on any atom is 0.330 e. The fourth-order valence-electron chi connectivity index (χ4n) is 1.49. The van der Waals surface area contributed by atoms with Crippen molar-refractivity contribution in [2.24, 2.45) is 0 Å². The average molecular weight is 257 g/mol. The predicted molar refractivity (Wildman–Crippen MR) is 66.5 cm³/mol. The molecular formula is C13H23NO4. The minimum Gasteiger partial charge on any atom is -0.550 e. The minimum absolute atomic E-state index is 0.275. The molecule has 0 saturated carbocycles. The molecule has 0 bridgehead atoms. The van der Waals surface area contributed by atoms with E-state index in [0.717, 1.165) is 12.8 Å². The molecule has 0 aromatic carbocycles. The number of aliphatic carboxylic acids is 1. The van der Waals surface area contributed by atoms with Gasteiger partial charge in [-0.1, -0.05) is 19.4 Å². The molecule has 0 radical (unpaired) electrons. The van der Waals surface area contributed by atoms with E-state index < -0.39 is 18.0 Å². The summed E-state index contributed by atoms with van der Waals surface area (Å²) >= 11 is 0. The van der Waals surface area contributed by atoms with Gasteiger partial charge in [-0.3, -0.25) is 0 Å². The maximum absolute atomic E-state index is 11.5. The molecule has 104 valence electrons. The molecule has 0 aromatic rings. The largest absolute Gasteiger partial charge is 0.550 e. The molecule has 18 heavy (non-hydrogen) atoms. The van der Waals surface area contributed by atoms with E-state index in [4.69, 9.17) is 4.74 Å². The molecule has 0 amide bonds. The zero-order valence-corrected chi connectivity index (χ0v) is 11.6. The van der Waals surface area contributed by atoms with Crippen molar-refractivity contribution in [2.45, 2.75) is 32.3 Å². The van der Waals surface area contributed by atoms with E-state index in [-0.39, 0.29) is 6.42 Å². The van der Waals surface area contributed by atoms with E-state index in [1.807, 2.05) is 28.1 Å². The number of hydrogen-bond acceptors (Lipinski definition) is 4. The van der Waals surface area contributed by atoms with Crippen LogP contribution in [0.15, 0.2) is 12.2 Å². The highest BCUT2D eigenvalue weighted by Gasteiger charge is 2.21. The lowest BCUT2D eigenvalue weighted by Crippen LogP contribution is -2.45. The summed E-state index contributed by atoms with van der Waals surface area (Å²) < 4.78 is 5.64. The molecule has 5 heteroatoms. The van der Waals surface area contributed by atoms with Gasteiger partial charge in [0.25, 0.3) is 0 Å². The quantitative estimate of drug-likeness (QED) is 0.351. The van der Waals surface area contributed by atoms with Crippen molar-refractivity contribution in [3.05, 3.63) is 12.2 Å². The van der Waals surface area contributed by atoms with Crippen molar-refractivity contribution < 1.29 is 23.9 Å². The smallest absolute Gasteiger partial charge is 0.330 e. The van der Waals surface area contributed by atoms with Gasteiger partial charge in [-0.2, -0.15) is 0 Å². The monoisotopic (exact) mass is 257 g/mol. The number of likely N-dealkylation sites (N-methyl/N-ethyl adjacent to an activating group) is 1. The first-order valence-corrected chi connectivity index (χ1v) is 6.12. The molecule has 0 aliphatic heterocycles. The van der Waals surface area contributed by atoms with Gasteiger partial charge >= 0.3 is 5.97 Å². The Morgan fingerprint density at radius 3 is 2.39 bits per heavy atom. The number of nitrogens with zero attached hydrogens (tertiary/aromatic N) is 1. The number of carbonyl (C=O) groups excluding carboxylic acids is 2. The first-order chi connectivity index (χ1) is 8.24. The highest BCUT2D eigenvalue weighted by Crippen LogP contribution is 2.05. The molecule has 1 unspecified atom stereocenters. The number of quaternary nitrogens is 1. The van der Waals surface area contributed by atoms with Crippen LogP contribution in [0, 0.1) is 0 Å². The van der Waals surface area contributed by atoms with Gasteiger partial charge in [0.2, 0.25) is 0 Å². The summed E-state index contributed by atoms with van der Waals surface area (Å²) in [7, 11) is 5.72. The van der Waals surface area contributed by atoms with Crippen molar-refractivity contribution in [1.82, 2.24) is 0 Å². The lowest BCUT2D eigenvalue weighted by atomic mass is 10.2. The van der Waals surface area contributed by atoms with Gasteiger partial charge in [-0.25, -0.2) is 4.79 Å². The maximum atomic E-state index is 11.5. The predicted octanol–water partition coefficient (Wildman–Crippen LogP) is 0.101. The lowest BCUT2D eigenvalue weighted by molar-refractivity contribution is -0.873. The zero-order chi connectivity index (χ0) is 14.2. The summed E-state index contributed by atoms with van der Waals surface area (Å²) in [5, 5.41) is 10.6. The van der Waals surface area contributed by atoms with Gasteiger partial charge in [-0.05, 0) is 6.42 Å². The number of carbonyl (C=O) groups is 2. The van der Waals surface area contributed by atoms with Crippen molar-refractivity contribution in [2.75, 3.05) is 27.7 Å². The van der Waals surface area contributed by atoms with Gasteiger partial charge in [0.1, 0.15) is 6.54 Å². The van der Waals surface area contributed by atoms with Gasteiger partial charge in [0, 0.05) is 18.5 Å². The third-order valence-corrected chi connectivity index (χ3v) is 2.14. The second-order valence-corrected chi connectivity index (χ2v) is 5.30. The van der Waals surface area contributed by atoms with E-state index in [2.05, 4.69) is 0 Å². The zero-order valence-electron chi connectivity index (χ0n) is 11.6. The van der Waals surface area contributed by atoms with Crippen molar-refractivity contribution in [1.29, 1.82) is 0 Å². The number of carboxylic acid groups (broad SMARTS) is 1. The number of esters is 1. The molecule has 0 aliphatic rings. The fraction of sp³-hybridized carbons (Fsp3) is 0.692. The van der Waals surface area contributed by atoms with Crippen LogP contribution in [0.5, 0.6) is 0 Å². The molecule has 0 aliphatic carbocycles. The highest BCUT2D eigenvalue weighted by molar-refractivity contribution is 5.82. The molecule has 0 heterocycles. The van der Waals surface area contributed by atoms with E-state index in [9.17, 15) is 14.7 Å². The minimum atomic E-state index is -1.21. The van der Waals surface area contributed by atoms with Crippen LogP contribution < -0.4 is 5.11 Å². The Balaban J connectivity index is 4.39. The molecule has 0 fully saturated rings. The van der Waals surface area contributed by atoms with Crippen LogP contribution in [0.4, 0.5) is 0 Å². The van der Waals surface area contributed by atoms with Crippen molar-refractivity contribution in [3.63, 3.8) is 0 Å². The van der Waals surface area contributed by atoms with Crippen molar-refractivity contribution >= 4 is 11.9 Å². The Hall–Kier alpha value is -1.36. The van der Waals surface area contributed by atoms with E-state index >= 15 is 0 Å². The Morgan fingerprint density at radius 1 is 1.33 bits per heavy atom. The van der Waals surface area contributed by atoms with E-state index in [1.54, 1.807) is 6.08 Å². The Morgan fingerprint density at radius 2 is 1.94 bits per heavy atom. The Kier molecular flexibility index (Phi) is 7.27. The summed E-state index contributed by atoms with van der Waals surface area (Å²) in [5.74, 6) is -1.71. The number of hydrogen-bond donors (Lipinski definition) is 0. The van der Waals surface area contributed by atoms with E-state index in [0.29, 0.717) is 11.0 Å². The summed E-state index contributed by atoms with van der Waals surface area (Å²) in [5.41, 5.74) is 0. The first-order valence-electron chi connectivity index (χ1n) is 6.12. The Labute approximate surface area is 109 Å². The van der Waals surface area contributed by atoms with Gasteiger partial charge in [0.15, 0.2) is 6.10 Å². The molecule has 0 aromatic heterocycles. The highest BCUT2D eigenvalue weighted by atomic mass is 16.5. The Bertz CT molecular complexity index is 305. The third kappa shape index (κ3) is 9.84. The molecular weight excluding hydrogens is 234 g/mol. The van der Waals surface area contributed by atoms with E-state index in [1.165, 1.54) is 6.08 Å². The molecule has 1 atom stereocenters. The van der Waals surface area contributed by atoms with Crippen molar-refractivity contribution in [3.8, 4) is 0 Å². The second kappa shape index (κ2) is 7.87. The lowest BCUT2D eigenvalue weighted by Gasteiger charge is -2.29. The second-order valence-electron chi connectivity index (χ2n) is 5.30. The molecule has 0 N–H and O–H groups in total. The third-order valence-electron chi connectivity index (χ3n) is 2.14. The van der Waals surface area contributed by atoms with Crippen LogP contribution in [-0.2, 0) is 14.3 Å². The number of ether oxygens (including phenoxy) is 1. The number of carboxylic acids is 1. The molecule has 0 spiro atoms. The summed E-state index contributed by atoms with van der Waals surface area (Å²) in [4.78, 5) is 22.1. The molecule has 0 rings (SSSR count). The molecule has 0 saturated heterocycles. The standard InChI is InChI=1S/C13H23NO4/c1-5-6-7-8-13(17)18-11(9-12(15)16)10-14(2,3)4/h7-8,11H,5-6,9-10H2,1-4H3. The van der Waals surface area contributed by atoms with Gasteiger partial charge in [0.05, 0.1) is 21.1 Å². The summed E-state index contributed by atoms with van der Waals surface area (Å²) in [6.07, 6.45) is 3.89. The normalized spacial score (nSPS) is 13.6. The van der Waals surface area contributed by atoms with Crippen LogP contribution in [0.1, 0.15) is 26.2 Å². The van der Waals surface area contributed by atoms with Crippen LogP contribution >= 0.6 is 0 Å². The van der Waals surface area contributed by atoms with Crippen LogP contribution in [0.2, 0.25) is 0 Å². The molecule has 5 nitrogen and oxygen atoms in total.